The third-order valence-electron chi connectivity index (χ3n) is 4.96. The van der Waals surface area contributed by atoms with Crippen LogP contribution in [-0.4, -0.2) is 31.1 Å². The molecule has 0 aromatic heterocycles. The second-order valence-corrected chi connectivity index (χ2v) is 10.9. The molecule has 0 saturated carbocycles. The summed E-state index contributed by atoms with van der Waals surface area (Å²) in [6.07, 6.45) is 1.49. The summed E-state index contributed by atoms with van der Waals surface area (Å²) in [7, 11) is -4.17. The predicted molar refractivity (Wildman–Crippen MR) is 140 cm³/mol. The normalized spacial score (nSPS) is 15.0. The maximum atomic E-state index is 12.9. The molecule has 4 rings (SSSR count). The number of hydrogen-bond donors (Lipinski definition) is 0. The molecule has 186 valence electrons. The van der Waals surface area contributed by atoms with E-state index in [4.69, 9.17) is 32.1 Å². The monoisotopic (exact) mass is 563 g/mol. The highest BCUT2D eigenvalue weighted by atomic mass is 35.5. The molecule has 1 heterocycles. The lowest BCUT2D eigenvalue weighted by Crippen LogP contribution is -2.27. The lowest BCUT2D eigenvalue weighted by Gasteiger charge is -2.14. The number of rotatable bonds is 8. The summed E-state index contributed by atoms with van der Waals surface area (Å²) in [5, 5.41) is 0.0471. The van der Waals surface area contributed by atoms with Gasteiger partial charge in [0.2, 0.25) is 5.75 Å². The van der Waals surface area contributed by atoms with Crippen molar-refractivity contribution in [2.24, 2.45) is 0 Å². The van der Waals surface area contributed by atoms with Gasteiger partial charge in [-0.25, -0.2) is 0 Å². The topological polar surface area (TPSA) is 90.0 Å². The van der Waals surface area contributed by atoms with Gasteiger partial charge < -0.3 is 8.92 Å². The van der Waals surface area contributed by atoms with E-state index >= 15 is 0 Å². The van der Waals surface area contributed by atoms with Crippen molar-refractivity contribution in [2.45, 2.75) is 18.4 Å². The molecule has 0 bridgehead atoms. The highest BCUT2D eigenvalue weighted by molar-refractivity contribution is 8.18. The number of ether oxygens (including phenoxy) is 1. The zero-order valence-electron chi connectivity index (χ0n) is 18.8. The largest absolute Gasteiger partial charge is 0.490 e. The molecule has 1 aliphatic heterocycles. The van der Waals surface area contributed by atoms with E-state index in [-0.39, 0.29) is 39.5 Å². The van der Waals surface area contributed by atoms with Crippen LogP contribution in [0.3, 0.4) is 0 Å². The summed E-state index contributed by atoms with van der Waals surface area (Å²) in [5.74, 6) is -0.562. The summed E-state index contributed by atoms with van der Waals surface area (Å²) >= 11 is 13.2. The number of benzene rings is 3. The van der Waals surface area contributed by atoms with E-state index in [1.807, 2.05) is 0 Å². The molecule has 3 aromatic rings. The van der Waals surface area contributed by atoms with Crippen molar-refractivity contribution in [2.75, 3.05) is 6.61 Å². The average molecular weight is 564 g/mol. The Morgan fingerprint density at radius 2 is 1.75 bits per heavy atom. The summed E-state index contributed by atoms with van der Waals surface area (Å²) in [4.78, 5) is 26.7. The van der Waals surface area contributed by atoms with Crippen molar-refractivity contribution < 1.29 is 26.9 Å². The molecule has 1 saturated heterocycles. The predicted octanol–water partition coefficient (Wildman–Crippen LogP) is 6.40. The Morgan fingerprint density at radius 1 is 1.00 bits per heavy atom. The van der Waals surface area contributed by atoms with E-state index in [1.54, 1.807) is 49.4 Å². The molecule has 0 radical (unpaired) electrons. The molecular weight excluding hydrogens is 545 g/mol. The van der Waals surface area contributed by atoms with Crippen LogP contribution < -0.4 is 8.92 Å². The molecule has 0 aliphatic carbocycles. The van der Waals surface area contributed by atoms with Gasteiger partial charge in [-0.05, 0) is 72.3 Å². The van der Waals surface area contributed by atoms with Crippen molar-refractivity contribution in [3.8, 4) is 11.5 Å². The number of thioether (sulfide) groups is 1. The maximum Gasteiger partial charge on any atom is 0.339 e. The number of halogens is 2. The smallest absolute Gasteiger partial charge is 0.339 e. The van der Waals surface area contributed by atoms with Crippen LogP contribution in [0.25, 0.3) is 6.08 Å². The van der Waals surface area contributed by atoms with Crippen LogP contribution in [0.4, 0.5) is 4.79 Å². The highest BCUT2D eigenvalue weighted by Gasteiger charge is 2.35. The fraction of sp³-hybridized carbons (Fsp3) is 0.120. The Labute approximate surface area is 222 Å². The van der Waals surface area contributed by atoms with Gasteiger partial charge in [0, 0.05) is 5.02 Å². The molecule has 0 unspecified atom stereocenters. The first-order valence-corrected chi connectivity index (χ1v) is 13.6. The van der Waals surface area contributed by atoms with E-state index < -0.39 is 21.3 Å². The number of hydrogen-bond acceptors (Lipinski definition) is 7. The minimum atomic E-state index is -4.17. The van der Waals surface area contributed by atoms with Crippen LogP contribution in [0, 0.1) is 0 Å². The third-order valence-corrected chi connectivity index (χ3v) is 7.62. The average Bonchev–Trinajstić information content (AvgIpc) is 3.09. The number of imide groups is 1. The Balaban J connectivity index is 1.62. The lowest BCUT2D eigenvalue weighted by atomic mass is 10.1. The molecule has 2 amide bonds. The van der Waals surface area contributed by atoms with Gasteiger partial charge in [-0.2, -0.15) is 8.42 Å². The van der Waals surface area contributed by atoms with Gasteiger partial charge in [0.1, 0.15) is 4.90 Å². The first-order valence-electron chi connectivity index (χ1n) is 10.6. The van der Waals surface area contributed by atoms with Crippen LogP contribution >= 0.6 is 35.0 Å². The highest BCUT2D eigenvalue weighted by Crippen LogP contribution is 2.40. The first-order chi connectivity index (χ1) is 17.2. The van der Waals surface area contributed by atoms with E-state index in [0.29, 0.717) is 16.1 Å². The van der Waals surface area contributed by atoms with Gasteiger partial charge in [0.25, 0.3) is 11.1 Å². The zero-order chi connectivity index (χ0) is 25.9. The molecule has 7 nitrogen and oxygen atoms in total. The molecule has 11 heteroatoms. The van der Waals surface area contributed by atoms with E-state index in [2.05, 4.69) is 0 Å². The summed E-state index contributed by atoms with van der Waals surface area (Å²) in [6, 6.07) is 17.5. The van der Waals surface area contributed by atoms with E-state index in [9.17, 15) is 18.0 Å². The quantitative estimate of drug-likeness (QED) is 0.231. The number of carbonyl (C=O) groups excluding carboxylic acids is 2. The van der Waals surface area contributed by atoms with Crippen LogP contribution in [-0.2, 0) is 21.5 Å². The van der Waals surface area contributed by atoms with Crippen molar-refractivity contribution in [3.05, 3.63) is 92.8 Å². The standard InChI is InChI=1S/C25H19Cl2NO6S2/c1-2-33-21-13-17(12-20(27)23(21)34-36(31,32)19-9-4-3-5-10-19)14-22-24(29)28(25(30)35-22)15-16-7-6-8-18(26)11-16/h3-14H,2,15H2,1H3/b22-14-. The fourth-order valence-corrected chi connectivity index (χ4v) is 5.70. The van der Waals surface area contributed by atoms with Gasteiger partial charge in [-0.1, -0.05) is 53.5 Å². The third kappa shape index (κ3) is 5.87. The lowest BCUT2D eigenvalue weighted by molar-refractivity contribution is -0.123. The Morgan fingerprint density at radius 3 is 2.44 bits per heavy atom. The molecule has 1 aliphatic rings. The summed E-state index contributed by atoms with van der Waals surface area (Å²) < 4.78 is 36.3. The molecule has 1 fully saturated rings. The Hall–Kier alpha value is -2.98. The van der Waals surface area contributed by atoms with Crippen molar-refractivity contribution >= 4 is 62.3 Å². The van der Waals surface area contributed by atoms with Crippen molar-refractivity contribution in [3.63, 3.8) is 0 Å². The van der Waals surface area contributed by atoms with E-state index in [0.717, 1.165) is 16.7 Å². The Bertz CT molecular complexity index is 1460. The summed E-state index contributed by atoms with van der Waals surface area (Å²) in [6.45, 7) is 2.01. The van der Waals surface area contributed by atoms with Crippen LogP contribution in [0.2, 0.25) is 10.0 Å². The van der Waals surface area contributed by atoms with Gasteiger partial charge >= 0.3 is 10.1 Å². The van der Waals surface area contributed by atoms with Crippen molar-refractivity contribution in [1.82, 2.24) is 4.90 Å². The summed E-state index contributed by atoms with van der Waals surface area (Å²) in [5.41, 5.74) is 1.15. The van der Waals surface area contributed by atoms with Crippen LogP contribution in [0.15, 0.2) is 76.5 Å². The number of nitrogens with zero attached hydrogens (tertiary/aromatic N) is 1. The maximum absolute atomic E-state index is 12.9. The first kappa shape index (κ1) is 26.1. The van der Waals surface area contributed by atoms with Gasteiger partial charge in [0.05, 0.1) is 23.1 Å². The minimum absolute atomic E-state index is 0.0372. The van der Waals surface area contributed by atoms with E-state index in [1.165, 1.54) is 30.3 Å². The van der Waals surface area contributed by atoms with Crippen LogP contribution in [0.1, 0.15) is 18.1 Å². The van der Waals surface area contributed by atoms with Crippen molar-refractivity contribution in [1.29, 1.82) is 0 Å². The number of amides is 2. The molecule has 36 heavy (non-hydrogen) atoms. The fourth-order valence-electron chi connectivity index (χ4n) is 3.37. The Kier molecular flexibility index (Phi) is 7.94. The molecule has 3 aromatic carbocycles. The van der Waals surface area contributed by atoms with Gasteiger partial charge in [-0.3, -0.25) is 14.5 Å². The molecule has 0 atom stereocenters. The SMILES string of the molecule is CCOc1cc(/C=C2\SC(=O)N(Cc3cccc(Cl)c3)C2=O)cc(Cl)c1OS(=O)(=O)c1ccccc1. The second-order valence-electron chi connectivity index (χ2n) is 7.51. The zero-order valence-corrected chi connectivity index (χ0v) is 22.0. The molecule has 0 N–H and O–H groups in total. The molecule has 0 spiro atoms. The van der Waals surface area contributed by atoms with Gasteiger partial charge in [-0.15, -0.1) is 0 Å². The van der Waals surface area contributed by atoms with Crippen LogP contribution in [0.5, 0.6) is 11.5 Å². The molecular formula is C25H19Cl2NO6S2. The second kappa shape index (κ2) is 11.0. The minimum Gasteiger partial charge on any atom is -0.490 e. The number of carbonyl (C=O) groups is 2. The van der Waals surface area contributed by atoms with Gasteiger partial charge in [0.15, 0.2) is 5.75 Å².